The van der Waals surface area contributed by atoms with Gasteiger partial charge in [0.25, 0.3) is 0 Å². The predicted molar refractivity (Wildman–Crippen MR) is 137 cm³/mol. The van der Waals surface area contributed by atoms with E-state index in [-0.39, 0.29) is 6.03 Å². The summed E-state index contributed by atoms with van der Waals surface area (Å²) in [6.07, 6.45) is 13.0. The SMILES string of the molecule is CCOC(Cc1ccc(OCCN(CCCC2CCCCC2)C(=O)NC2CCCC2)cc1)C(=O)O. The fourth-order valence-corrected chi connectivity index (χ4v) is 5.33. The number of nitrogens with one attached hydrogen (secondary N) is 1. The maximum absolute atomic E-state index is 13.0. The van der Waals surface area contributed by atoms with Crippen LogP contribution in [0.25, 0.3) is 0 Å². The number of aliphatic carboxylic acids is 1. The molecule has 2 N–H and O–H groups in total. The van der Waals surface area contributed by atoms with Crippen LogP contribution in [0.1, 0.15) is 83.1 Å². The number of nitrogens with zero attached hydrogens (tertiary/aromatic N) is 1. The van der Waals surface area contributed by atoms with Crippen LogP contribution in [-0.4, -0.2) is 60.5 Å². The van der Waals surface area contributed by atoms with Gasteiger partial charge in [-0.2, -0.15) is 0 Å². The van der Waals surface area contributed by atoms with Gasteiger partial charge in [-0.25, -0.2) is 9.59 Å². The number of hydrogen-bond acceptors (Lipinski definition) is 4. The van der Waals surface area contributed by atoms with Gasteiger partial charge in [-0.05, 0) is 56.2 Å². The van der Waals surface area contributed by atoms with Crippen LogP contribution in [0.2, 0.25) is 0 Å². The molecule has 0 radical (unpaired) electrons. The summed E-state index contributed by atoms with van der Waals surface area (Å²) in [5, 5.41) is 12.5. The number of benzene rings is 1. The quantitative estimate of drug-likeness (QED) is 0.365. The Bertz CT molecular complexity index is 757. The maximum Gasteiger partial charge on any atom is 0.333 e. The van der Waals surface area contributed by atoms with Crippen molar-refractivity contribution in [3.8, 4) is 5.75 Å². The minimum Gasteiger partial charge on any atom is -0.492 e. The number of carbonyl (C=O) groups is 2. The highest BCUT2D eigenvalue weighted by Gasteiger charge is 2.22. The third-order valence-corrected chi connectivity index (χ3v) is 7.35. The molecule has 2 aliphatic rings. The van der Waals surface area contributed by atoms with Gasteiger partial charge in [-0.3, -0.25) is 0 Å². The topological polar surface area (TPSA) is 88.1 Å². The van der Waals surface area contributed by atoms with Crippen LogP contribution in [-0.2, 0) is 16.0 Å². The molecule has 2 aliphatic carbocycles. The third kappa shape index (κ3) is 9.71. The Morgan fingerprint density at radius 1 is 1.03 bits per heavy atom. The highest BCUT2D eigenvalue weighted by atomic mass is 16.5. The summed E-state index contributed by atoms with van der Waals surface area (Å²) < 4.78 is 11.2. The smallest absolute Gasteiger partial charge is 0.333 e. The highest BCUT2D eigenvalue weighted by molar-refractivity contribution is 5.74. The van der Waals surface area contributed by atoms with E-state index >= 15 is 0 Å². The molecule has 3 rings (SSSR count). The molecule has 0 saturated heterocycles. The van der Waals surface area contributed by atoms with Crippen molar-refractivity contribution in [3.05, 3.63) is 29.8 Å². The first-order valence-corrected chi connectivity index (χ1v) is 13.7. The molecule has 0 aromatic heterocycles. The average molecular weight is 489 g/mol. The van der Waals surface area contributed by atoms with Crippen molar-refractivity contribution in [2.45, 2.75) is 96.1 Å². The van der Waals surface area contributed by atoms with E-state index in [2.05, 4.69) is 5.32 Å². The summed E-state index contributed by atoms with van der Waals surface area (Å²) in [6, 6.07) is 7.80. The second kappa shape index (κ2) is 15.0. The summed E-state index contributed by atoms with van der Waals surface area (Å²) in [6.45, 7) is 3.91. The minimum absolute atomic E-state index is 0.0372. The Labute approximate surface area is 210 Å². The second-order valence-electron chi connectivity index (χ2n) is 10.0. The normalized spacial score (nSPS) is 17.7. The molecule has 2 saturated carbocycles. The van der Waals surface area contributed by atoms with Crippen LogP contribution >= 0.6 is 0 Å². The molecule has 7 nitrogen and oxygen atoms in total. The van der Waals surface area contributed by atoms with Crippen LogP contribution in [0, 0.1) is 5.92 Å². The first kappa shape index (κ1) is 27.3. The van der Waals surface area contributed by atoms with Gasteiger partial charge >= 0.3 is 12.0 Å². The van der Waals surface area contributed by atoms with E-state index in [0.29, 0.717) is 32.2 Å². The van der Waals surface area contributed by atoms with Crippen LogP contribution in [0.15, 0.2) is 24.3 Å². The summed E-state index contributed by atoms with van der Waals surface area (Å²) in [4.78, 5) is 26.2. The molecular formula is C28H44N2O5. The molecule has 196 valence electrons. The Kier molecular flexibility index (Phi) is 11.7. The lowest BCUT2D eigenvalue weighted by molar-refractivity contribution is -0.149. The van der Waals surface area contributed by atoms with Gasteiger partial charge in [0.05, 0.1) is 6.54 Å². The zero-order valence-corrected chi connectivity index (χ0v) is 21.4. The number of carboxylic acid groups (broad SMARTS) is 1. The van der Waals surface area contributed by atoms with E-state index in [4.69, 9.17) is 9.47 Å². The van der Waals surface area contributed by atoms with Crippen molar-refractivity contribution < 1.29 is 24.2 Å². The van der Waals surface area contributed by atoms with Crippen molar-refractivity contribution >= 4 is 12.0 Å². The van der Waals surface area contributed by atoms with Crippen molar-refractivity contribution in [2.75, 3.05) is 26.3 Å². The zero-order valence-electron chi connectivity index (χ0n) is 21.4. The number of hydrogen-bond donors (Lipinski definition) is 2. The molecule has 1 aromatic carbocycles. The lowest BCUT2D eigenvalue weighted by atomic mass is 9.86. The molecule has 1 aromatic rings. The number of amides is 2. The van der Waals surface area contributed by atoms with E-state index in [0.717, 1.165) is 43.0 Å². The van der Waals surface area contributed by atoms with E-state index < -0.39 is 12.1 Å². The summed E-state index contributed by atoms with van der Waals surface area (Å²) in [7, 11) is 0. The summed E-state index contributed by atoms with van der Waals surface area (Å²) in [5.74, 6) is 0.587. The lowest BCUT2D eigenvalue weighted by Gasteiger charge is -2.27. The lowest BCUT2D eigenvalue weighted by Crippen LogP contribution is -2.46. The molecule has 0 spiro atoms. The molecule has 35 heavy (non-hydrogen) atoms. The maximum atomic E-state index is 13.0. The largest absolute Gasteiger partial charge is 0.492 e. The van der Waals surface area contributed by atoms with Crippen LogP contribution in [0.4, 0.5) is 4.79 Å². The van der Waals surface area contributed by atoms with Gasteiger partial charge in [-0.15, -0.1) is 0 Å². The first-order valence-electron chi connectivity index (χ1n) is 13.7. The molecule has 0 aliphatic heterocycles. The third-order valence-electron chi connectivity index (χ3n) is 7.35. The molecule has 0 bridgehead atoms. The van der Waals surface area contributed by atoms with E-state index in [1.807, 2.05) is 29.2 Å². The second-order valence-corrected chi connectivity index (χ2v) is 10.0. The molecule has 2 fully saturated rings. The molecular weight excluding hydrogens is 444 g/mol. The highest BCUT2D eigenvalue weighted by Crippen LogP contribution is 2.27. The van der Waals surface area contributed by atoms with Gasteiger partial charge in [0.15, 0.2) is 6.10 Å². The summed E-state index contributed by atoms with van der Waals surface area (Å²) in [5.41, 5.74) is 0.887. The van der Waals surface area contributed by atoms with E-state index in [9.17, 15) is 14.7 Å². The average Bonchev–Trinajstić information content (AvgIpc) is 3.37. The standard InChI is InChI=1S/C28H44N2O5/c1-2-34-26(27(31)32)21-23-14-16-25(17-15-23)35-20-19-30(28(33)29-24-12-6-7-13-24)18-8-11-22-9-4-3-5-10-22/h14-17,22,24,26H,2-13,18-21H2,1H3,(H,29,33)(H,31,32). The Morgan fingerprint density at radius 2 is 1.71 bits per heavy atom. The van der Waals surface area contributed by atoms with Crippen molar-refractivity contribution in [3.63, 3.8) is 0 Å². The van der Waals surface area contributed by atoms with Gasteiger partial charge in [-0.1, -0.05) is 57.1 Å². The summed E-state index contributed by atoms with van der Waals surface area (Å²) >= 11 is 0. The molecule has 1 atom stereocenters. The van der Waals surface area contributed by atoms with Crippen LogP contribution in [0.3, 0.4) is 0 Å². The van der Waals surface area contributed by atoms with Gasteiger partial charge < -0.3 is 24.8 Å². The zero-order chi connectivity index (χ0) is 24.9. The Morgan fingerprint density at radius 3 is 2.37 bits per heavy atom. The van der Waals surface area contributed by atoms with Crippen molar-refractivity contribution in [1.29, 1.82) is 0 Å². The van der Waals surface area contributed by atoms with E-state index in [1.165, 1.54) is 51.4 Å². The van der Waals surface area contributed by atoms with Crippen LogP contribution in [0.5, 0.6) is 5.75 Å². The Hall–Kier alpha value is -2.28. The number of carboxylic acids is 1. The fourth-order valence-electron chi connectivity index (χ4n) is 5.33. The number of ether oxygens (including phenoxy) is 2. The van der Waals surface area contributed by atoms with E-state index in [1.54, 1.807) is 6.92 Å². The Balaban J connectivity index is 1.46. The van der Waals surface area contributed by atoms with Crippen molar-refractivity contribution in [1.82, 2.24) is 10.2 Å². The predicted octanol–water partition coefficient (Wildman–Crippen LogP) is 5.41. The van der Waals surface area contributed by atoms with Gasteiger partial charge in [0, 0.05) is 25.6 Å². The van der Waals surface area contributed by atoms with Crippen LogP contribution < -0.4 is 10.1 Å². The fraction of sp³-hybridized carbons (Fsp3) is 0.714. The van der Waals surface area contributed by atoms with Crippen molar-refractivity contribution in [2.24, 2.45) is 5.92 Å². The van der Waals surface area contributed by atoms with Gasteiger partial charge in [0.1, 0.15) is 12.4 Å². The first-order chi connectivity index (χ1) is 17.0. The number of urea groups is 1. The monoisotopic (exact) mass is 488 g/mol. The molecule has 1 unspecified atom stereocenters. The molecule has 2 amide bonds. The van der Waals surface area contributed by atoms with Gasteiger partial charge in [0.2, 0.25) is 0 Å². The molecule has 0 heterocycles. The minimum atomic E-state index is -0.952. The number of rotatable bonds is 14. The number of carbonyl (C=O) groups excluding carboxylic acids is 1. The molecule has 7 heteroatoms.